The summed E-state index contributed by atoms with van der Waals surface area (Å²) in [4.78, 5) is 50.0. The Morgan fingerprint density at radius 1 is 1.36 bits per heavy atom. The highest BCUT2D eigenvalue weighted by Gasteiger charge is 2.50. The van der Waals surface area contributed by atoms with Crippen molar-refractivity contribution in [2.45, 2.75) is 65.3 Å². The number of aliphatic hydroxyl groups is 1. The number of hydrogen-bond acceptors (Lipinski definition) is 8. The minimum atomic E-state index is -1.28. The van der Waals surface area contributed by atoms with Crippen molar-refractivity contribution in [1.29, 1.82) is 0 Å². The van der Waals surface area contributed by atoms with E-state index in [1.165, 1.54) is 0 Å². The van der Waals surface area contributed by atoms with Crippen LogP contribution in [0.5, 0.6) is 0 Å². The molecule has 2 aliphatic rings. The molecule has 1 heterocycles. The summed E-state index contributed by atoms with van der Waals surface area (Å²) in [5.41, 5.74) is 1.03. The zero-order valence-electron chi connectivity index (χ0n) is 19.5. The Hall–Kier alpha value is -3.00. The highest BCUT2D eigenvalue weighted by molar-refractivity contribution is 5.92. The average Bonchev–Trinajstić information content (AvgIpc) is 3.09. The van der Waals surface area contributed by atoms with Gasteiger partial charge in [0.25, 0.3) is 0 Å². The molecule has 5 atom stereocenters. The molecule has 1 aliphatic heterocycles. The van der Waals surface area contributed by atoms with Crippen molar-refractivity contribution in [2.75, 3.05) is 6.61 Å². The van der Waals surface area contributed by atoms with Gasteiger partial charge in [-0.3, -0.25) is 9.59 Å². The van der Waals surface area contributed by atoms with Crippen LogP contribution < -0.4 is 0 Å². The van der Waals surface area contributed by atoms with E-state index in [-0.39, 0.29) is 17.8 Å². The van der Waals surface area contributed by atoms with Gasteiger partial charge in [-0.15, -0.1) is 0 Å². The summed E-state index contributed by atoms with van der Waals surface area (Å²) in [6, 6.07) is 0. The molecule has 0 bridgehead atoms. The number of fused-ring (bicyclic) bond motifs is 1. The molecule has 1 fully saturated rings. The first-order valence-corrected chi connectivity index (χ1v) is 11.1. The number of hydrogen-bond donors (Lipinski definition) is 1. The number of carbonyl (C=O) groups is 4. The third kappa shape index (κ3) is 6.07. The van der Waals surface area contributed by atoms with Crippen molar-refractivity contribution >= 4 is 24.2 Å². The molecule has 1 aliphatic carbocycles. The molecule has 1 saturated heterocycles. The van der Waals surface area contributed by atoms with Crippen LogP contribution in [0.25, 0.3) is 0 Å². The minimum Gasteiger partial charge on any atom is -0.457 e. The first-order valence-electron chi connectivity index (χ1n) is 11.1. The van der Waals surface area contributed by atoms with E-state index in [1.807, 2.05) is 6.92 Å². The maximum absolute atomic E-state index is 12.8. The molecule has 1 N–H and O–H groups in total. The van der Waals surface area contributed by atoms with Gasteiger partial charge in [-0.25, -0.2) is 9.59 Å². The molecule has 0 aromatic rings. The summed E-state index contributed by atoms with van der Waals surface area (Å²) < 4.78 is 17.0. The van der Waals surface area contributed by atoms with E-state index in [0.717, 1.165) is 0 Å². The highest BCUT2D eigenvalue weighted by Crippen LogP contribution is 2.37. The van der Waals surface area contributed by atoms with Crippen molar-refractivity contribution in [1.82, 2.24) is 0 Å². The average molecular weight is 461 g/mol. The molecule has 8 heteroatoms. The number of allylic oxidation sites excluding steroid dienone is 2. The summed E-state index contributed by atoms with van der Waals surface area (Å²) in [7, 11) is 0. The first kappa shape index (κ1) is 26.3. The van der Waals surface area contributed by atoms with Crippen LogP contribution >= 0.6 is 0 Å². The maximum Gasteiger partial charge on any atom is 0.334 e. The summed E-state index contributed by atoms with van der Waals surface area (Å²) in [6.07, 6.45) is 3.14. The summed E-state index contributed by atoms with van der Waals surface area (Å²) in [6.45, 7) is 10.3. The monoisotopic (exact) mass is 460 g/mol. The van der Waals surface area contributed by atoms with Gasteiger partial charge >= 0.3 is 17.9 Å². The van der Waals surface area contributed by atoms with Gasteiger partial charge in [0.05, 0.1) is 18.4 Å². The molecule has 5 unspecified atom stereocenters. The van der Waals surface area contributed by atoms with E-state index in [2.05, 4.69) is 6.58 Å². The van der Waals surface area contributed by atoms with Crippen LogP contribution in [0.3, 0.4) is 0 Å². The van der Waals surface area contributed by atoms with Gasteiger partial charge in [-0.2, -0.15) is 0 Å². The third-order valence-electron chi connectivity index (χ3n) is 6.08. The molecule has 0 spiro atoms. The van der Waals surface area contributed by atoms with Crippen LogP contribution in [0.15, 0.2) is 47.1 Å². The molecule has 8 nitrogen and oxygen atoms in total. The van der Waals surface area contributed by atoms with Crippen LogP contribution in [-0.2, 0) is 33.4 Å². The number of rotatable bonds is 7. The van der Waals surface area contributed by atoms with Crippen molar-refractivity contribution in [3.8, 4) is 0 Å². The summed E-state index contributed by atoms with van der Waals surface area (Å²) >= 11 is 0. The minimum absolute atomic E-state index is 0.0325. The van der Waals surface area contributed by atoms with E-state index in [0.29, 0.717) is 36.7 Å². The Morgan fingerprint density at radius 3 is 2.64 bits per heavy atom. The van der Waals surface area contributed by atoms with Gasteiger partial charge in [0.15, 0.2) is 12.2 Å². The Morgan fingerprint density at radius 2 is 2.06 bits per heavy atom. The predicted octanol–water partition coefficient (Wildman–Crippen LogP) is 2.76. The van der Waals surface area contributed by atoms with E-state index in [4.69, 9.17) is 14.2 Å². The van der Waals surface area contributed by atoms with Crippen LogP contribution in [0.2, 0.25) is 0 Å². The van der Waals surface area contributed by atoms with E-state index in [1.54, 1.807) is 39.0 Å². The van der Waals surface area contributed by atoms with Crippen LogP contribution in [0.4, 0.5) is 0 Å². The number of esters is 3. The Balaban J connectivity index is 2.67. The molecule has 180 valence electrons. The fraction of sp³-hybridized carbons (Fsp3) is 0.520. The van der Waals surface area contributed by atoms with E-state index in [9.17, 15) is 24.3 Å². The zero-order valence-corrected chi connectivity index (χ0v) is 19.5. The molecule has 2 rings (SSSR count). The molecule has 0 radical (unpaired) electrons. The van der Waals surface area contributed by atoms with Crippen LogP contribution in [0.1, 0.15) is 47.0 Å². The molecular formula is C25H32O8. The van der Waals surface area contributed by atoms with Gasteiger partial charge < -0.3 is 19.3 Å². The van der Waals surface area contributed by atoms with Gasteiger partial charge in [0, 0.05) is 16.7 Å². The smallest absolute Gasteiger partial charge is 0.334 e. The lowest BCUT2D eigenvalue weighted by atomic mass is 9.83. The molecule has 0 aromatic heterocycles. The van der Waals surface area contributed by atoms with Gasteiger partial charge in [0.1, 0.15) is 12.4 Å². The number of ether oxygens (including phenoxy) is 3. The Bertz CT molecular complexity index is 894. The molecule has 0 aromatic carbocycles. The molecule has 33 heavy (non-hydrogen) atoms. The quantitative estimate of drug-likeness (QED) is 0.203. The normalized spacial score (nSPS) is 26.9. The van der Waals surface area contributed by atoms with Crippen molar-refractivity contribution in [3.63, 3.8) is 0 Å². The lowest BCUT2D eigenvalue weighted by Crippen LogP contribution is -2.46. The Labute approximate surface area is 194 Å². The number of carbonyl (C=O) groups excluding carboxylic acids is 4. The second-order valence-electron chi connectivity index (χ2n) is 8.27. The van der Waals surface area contributed by atoms with Crippen LogP contribution in [0, 0.1) is 11.8 Å². The lowest BCUT2D eigenvalue weighted by molar-refractivity contribution is -0.171. The number of aliphatic hydroxyl groups excluding tert-OH is 1. The second kappa shape index (κ2) is 11.7. The molecular weight excluding hydrogens is 428 g/mol. The zero-order chi connectivity index (χ0) is 24.7. The largest absolute Gasteiger partial charge is 0.457 e. The van der Waals surface area contributed by atoms with Crippen molar-refractivity contribution in [3.05, 3.63) is 47.1 Å². The summed E-state index contributed by atoms with van der Waals surface area (Å²) in [5, 5.41) is 9.74. The predicted molar refractivity (Wildman–Crippen MR) is 120 cm³/mol. The Kier molecular flexibility index (Phi) is 9.34. The maximum atomic E-state index is 12.8. The first-order chi connectivity index (χ1) is 15.7. The van der Waals surface area contributed by atoms with Crippen molar-refractivity contribution in [2.24, 2.45) is 11.8 Å². The third-order valence-corrected chi connectivity index (χ3v) is 6.08. The highest BCUT2D eigenvalue weighted by atomic mass is 16.6. The van der Waals surface area contributed by atoms with E-state index < -0.39 is 48.1 Å². The molecule has 0 amide bonds. The van der Waals surface area contributed by atoms with Crippen molar-refractivity contribution < 1.29 is 38.5 Å². The summed E-state index contributed by atoms with van der Waals surface area (Å²) in [5.74, 6) is -3.32. The topological polar surface area (TPSA) is 116 Å². The fourth-order valence-electron chi connectivity index (χ4n) is 3.62. The van der Waals surface area contributed by atoms with Gasteiger partial charge in [0.2, 0.25) is 0 Å². The lowest BCUT2D eigenvalue weighted by Gasteiger charge is -2.33. The molecule has 0 saturated carbocycles. The van der Waals surface area contributed by atoms with Gasteiger partial charge in [-0.1, -0.05) is 32.6 Å². The second-order valence-corrected chi connectivity index (χ2v) is 8.27. The number of aldehydes is 1. The SMILES string of the molecule is C=C1C(=O)OC2C=C(CO)CCC=C(C=O)C(OC(=O)C(C)=CC)C(OC(=O)C(C)CC)C12. The standard InChI is InChI=1S/C25H32O8/c1-6-14(3)23(28)32-21-18(13-27)10-8-9-17(12-26)11-19-20(16(5)25(30)31-19)22(21)33-24(29)15(4)7-2/h6,10-11,13,15,19-22,26H,5,7-9,12H2,1-4H3. The van der Waals surface area contributed by atoms with E-state index >= 15 is 0 Å². The fourth-order valence-corrected chi connectivity index (χ4v) is 3.62. The van der Waals surface area contributed by atoms with Gasteiger partial charge in [-0.05, 0) is 44.8 Å². The van der Waals surface area contributed by atoms with Crippen LogP contribution in [-0.4, -0.2) is 54.2 Å².